The van der Waals surface area contributed by atoms with E-state index in [-0.39, 0.29) is 12.5 Å². The summed E-state index contributed by atoms with van der Waals surface area (Å²) >= 11 is 0. The summed E-state index contributed by atoms with van der Waals surface area (Å²) in [7, 11) is 0. The first-order valence-electron chi connectivity index (χ1n) is 8.54. The van der Waals surface area contributed by atoms with E-state index in [1.165, 1.54) is 4.90 Å². The van der Waals surface area contributed by atoms with E-state index in [1.807, 2.05) is 6.92 Å². The molecule has 0 aliphatic carbocycles. The Morgan fingerprint density at radius 2 is 2.00 bits per heavy atom. The third kappa shape index (κ3) is 4.56. The normalized spacial score (nSPS) is 10.6. The third-order valence-corrected chi connectivity index (χ3v) is 3.82. The Hall–Kier alpha value is -2.97. The van der Waals surface area contributed by atoms with Gasteiger partial charge in [-0.05, 0) is 39.0 Å². The van der Waals surface area contributed by atoms with Crippen molar-refractivity contribution in [1.29, 1.82) is 0 Å². The number of esters is 1. The van der Waals surface area contributed by atoms with Gasteiger partial charge in [0.2, 0.25) is 5.91 Å². The van der Waals surface area contributed by atoms with Gasteiger partial charge < -0.3 is 15.0 Å². The highest BCUT2D eigenvalue weighted by Gasteiger charge is 2.18. The molecule has 1 aromatic heterocycles. The molecule has 1 aromatic carbocycles. The van der Waals surface area contributed by atoms with Gasteiger partial charge in [-0.2, -0.15) is 0 Å². The maximum absolute atomic E-state index is 12.2. The van der Waals surface area contributed by atoms with Gasteiger partial charge in [0, 0.05) is 19.6 Å². The molecule has 0 fully saturated rings. The summed E-state index contributed by atoms with van der Waals surface area (Å²) in [6.45, 7) is 6.52. The summed E-state index contributed by atoms with van der Waals surface area (Å²) in [5, 5.41) is 10.6. The summed E-state index contributed by atoms with van der Waals surface area (Å²) in [5.74, 6) is -1.30. The largest absolute Gasteiger partial charge is 0.452 e. The molecule has 0 atom stereocenters. The van der Waals surface area contributed by atoms with Gasteiger partial charge in [0.1, 0.15) is 5.52 Å². The van der Waals surface area contributed by atoms with Crippen LogP contribution in [0.2, 0.25) is 0 Å². The van der Waals surface area contributed by atoms with Crippen LogP contribution in [0.1, 0.15) is 31.1 Å². The van der Waals surface area contributed by atoms with Crippen molar-refractivity contribution in [3.05, 3.63) is 23.8 Å². The van der Waals surface area contributed by atoms with E-state index in [4.69, 9.17) is 4.74 Å². The predicted molar refractivity (Wildman–Crippen MR) is 94.4 cm³/mol. The Morgan fingerprint density at radius 3 is 2.65 bits per heavy atom. The molecule has 0 saturated carbocycles. The molecule has 9 heteroatoms. The molecule has 140 valence electrons. The molecule has 1 heterocycles. The standard InChI is InChI=1S/C17H23N5O4/c1-4-18-15(23)10-21(5-2)16(24)11-26-17(25)12-7-8-14-13(9-12)19-20-22(14)6-3/h7-9H,4-6,10-11H2,1-3H3,(H,18,23). The van der Waals surface area contributed by atoms with Gasteiger partial charge in [0.15, 0.2) is 6.61 Å². The first-order valence-corrected chi connectivity index (χ1v) is 8.54. The lowest BCUT2D eigenvalue weighted by molar-refractivity contribution is -0.138. The van der Waals surface area contributed by atoms with Crippen molar-refractivity contribution in [2.24, 2.45) is 0 Å². The number of carbonyl (C=O) groups excluding carboxylic acids is 3. The van der Waals surface area contributed by atoms with Gasteiger partial charge in [0.05, 0.1) is 17.6 Å². The molecule has 2 aromatic rings. The van der Waals surface area contributed by atoms with Crippen LogP contribution in [0.3, 0.4) is 0 Å². The lowest BCUT2D eigenvalue weighted by atomic mass is 10.2. The molecule has 0 unspecified atom stereocenters. The molecule has 0 aliphatic heterocycles. The van der Waals surface area contributed by atoms with Crippen molar-refractivity contribution in [2.45, 2.75) is 27.3 Å². The summed E-state index contributed by atoms with van der Waals surface area (Å²) in [4.78, 5) is 37.3. The Morgan fingerprint density at radius 1 is 1.23 bits per heavy atom. The number of fused-ring (bicyclic) bond motifs is 1. The number of hydrogen-bond acceptors (Lipinski definition) is 6. The summed E-state index contributed by atoms with van der Waals surface area (Å²) in [5.41, 5.74) is 1.69. The molecular formula is C17H23N5O4. The molecule has 9 nitrogen and oxygen atoms in total. The number of aryl methyl sites for hydroxylation is 1. The summed E-state index contributed by atoms with van der Waals surface area (Å²) in [6.07, 6.45) is 0. The van der Waals surface area contributed by atoms with Crippen molar-refractivity contribution < 1.29 is 19.1 Å². The summed E-state index contributed by atoms with van der Waals surface area (Å²) < 4.78 is 6.80. The van der Waals surface area contributed by atoms with Crippen molar-refractivity contribution in [1.82, 2.24) is 25.2 Å². The smallest absolute Gasteiger partial charge is 0.338 e. The van der Waals surface area contributed by atoms with Gasteiger partial charge >= 0.3 is 5.97 Å². The van der Waals surface area contributed by atoms with E-state index in [9.17, 15) is 14.4 Å². The predicted octanol–water partition coefficient (Wildman–Crippen LogP) is 0.593. The lowest BCUT2D eigenvalue weighted by Crippen LogP contribution is -2.42. The van der Waals surface area contributed by atoms with E-state index in [0.29, 0.717) is 30.7 Å². The van der Waals surface area contributed by atoms with Crippen molar-refractivity contribution >= 4 is 28.8 Å². The van der Waals surface area contributed by atoms with Gasteiger partial charge in [-0.25, -0.2) is 9.48 Å². The van der Waals surface area contributed by atoms with Gasteiger partial charge in [-0.15, -0.1) is 5.10 Å². The fourth-order valence-corrected chi connectivity index (χ4v) is 2.44. The highest BCUT2D eigenvalue weighted by atomic mass is 16.5. The zero-order valence-electron chi connectivity index (χ0n) is 15.2. The summed E-state index contributed by atoms with van der Waals surface area (Å²) in [6, 6.07) is 4.93. The van der Waals surface area contributed by atoms with Crippen molar-refractivity contribution in [2.75, 3.05) is 26.2 Å². The van der Waals surface area contributed by atoms with Crippen LogP contribution in [-0.2, 0) is 20.9 Å². The first kappa shape index (κ1) is 19.4. The van der Waals surface area contributed by atoms with Crippen LogP contribution in [0.15, 0.2) is 18.2 Å². The number of likely N-dealkylation sites (N-methyl/N-ethyl adjacent to an activating group) is 2. The van der Waals surface area contributed by atoms with Crippen LogP contribution in [-0.4, -0.2) is 63.9 Å². The molecule has 0 radical (unpaired) electrons. The first-order chi connectivity index (χ1) is 12.5. The Kier molecular flexibility index (Phi) is 6.65. The Balaban J connectivity index is 1.96. The molecule has 0 bridgehead atoms. The Bertz CT molecular complexity index is 802. The number of aromatic nitrogens is 3. The van der Waals surface area contributed by atoms with E-state index in [1.54, 1.807) is 36.7 Å². The highest BCUT2D eigenvalue weighted by molar-refractivity contribution is 5.95. The number of rotatable bonds is 8. The second-order valence-corrected chi connectivity index (χ2v) is 5.55. The number of amides is 2. The number of benzene rings is 1. The molecule has 0 spiro atoms. The van der Waals surface area contributed by atoms with Crippen LogP contribution in [0.5, 0.6) is 0 Å². The minimum Gasteiger partial charge on any atom is -0.452 e. The van der Waals surface area contributed by atoms with E-state index in [2.05, 4.69) is 15.6 Å². The molecule has 2 amide bonds. The number of nitrogens with one attached hydrogen (secondary N) is 1. The molecule has 1 N–H and O–H groups in total. The Labute approximate surface area is 151 Å². The topological polar surface area (TPSA) is 106 Å². The quantitative estimate of drug-likeness (QED) is 0.690. The zero-order valence-corrected chi connectivity index (χ0v) is 15.2. The molecule has 2 rings (SSSR count). The minimum absolute atomic E-state index is 0.0627. The fraction of sp³-hybridized carbons (Fsp3) is 0.471. The zero-order chi connectivity index (χ0) is 19.1. The molecule has 0 saturated heterocycles. The maximum Gasteiger partial charge on any atom is 0.338 e. The average Bonchev–Trinajstić information content (AvgIpc) is 3.06. The van der Waals surface area contributed by atoms with Gasteiger partial charge in [0.25, 0.3) is 5.91 Å². The third-order valence-electron chi connectivity index (χ3n) is 3.82. The van der Waals surface area contributed by atoms with Crippen molar-refractivity contribution in [3.63, 3.8) is 0 Å². The number of hydrogen-bond donors (Lipinski definition) is 1. The average molecular weight is 361 g/mol. The van der Waals surface area contributed by atoms with Crippen LogP contribution >= 0.6 is 0 Å². The lowest BCUT2D eigenvalue weighted by Gasteiger charge is -2.20. The second kappa shape index (κ2) is 8.93. The van der Waals surface area contributed by atoms with E-state index >= 15 is 0 Å². The SMILES string of the molecule is CCNC(=O)CN(CC)C(=O)COC(=O)c1ccc2c(c1)nnn2CC. The fourth-order valence-electron chi connectivity index (χ4n) is 2.44. The number of carbonyl (C=O) groups is 3. The molecule has 26 heavy (non-hydrogen) atoms. The van der Waals surface area contributed by atoms with Crippen LogP contribution in [0, 0.1) is 0 Å². The van der Waals surface area contributed by atoms with Gasteiger partial charge in [-0.1, -0.05) is 5.21 Å². The van der Waals surface area contributed by atoms with Crippen molar-refractivity contribution in [3.8, 4) is 0 Å². The van der Waals surface area contributed by atoms with Crippen LogP contribution < -0.4 is 5.32 Å². The minimum atomic E-state index is -0.625. The number of nitrogens with zero attached hydrogens (tertiary/aromatic N) is 4. The monoisotopic (exact) mass is 361 g/mol. The van der Waals surface area contributed by atoms with Gasteiger partial charge in [-0.3, -0.25) is 9.59 Å². The molecular weight excluding hydrogens is 338 g/mol. The highest BCUT2D eigenvalue weighted by Crippen LogP contribution is 2.14. The van der Waals surface area contributed by atoms with E-state index < -0.39 is 18.5 Å². The number of ether oxygens (including phenoxy) is 1. The van der Waals surface area contributed by atoms with E-state index in [0.717, 1.165) is 5.52 Å². The second-order valence-electron chi connectivity index (χ2n) is 5.55. The molecule has 0 aliphatic rings. The van der Waals surface area contributed by atoms with Crippen LogP contribution in [0.25, 0.3) is 11.0 Å². The maximum atomic E-state index is 12.2. The van der Waals surface area contributed by atoms with Crippen LogP contribution in [0.4, 0.5) is 0 Å².